The lowest BCUT2D eigenvalue weighted by Crippen LogP contribution is -3.00. The van der Waals surface area contributed by atoms with E-state index in [1.165, 1.54) is 70.6 Å². The summed E-state index contributed by atoms with van der Waals surface area (Å²) in [5, 5.41) is 0. The summed E-state index contributed by atoms with van der Waals surface area (Å²) in [7, 11) is 0. The zero-order chi connectivity index (χ0) is 19.4. The quantitative estimate of drug-likeness (QED) is 0.156. The topological polar surface area (TPSA) is 30.2 Å². The van der Waals surface area contributed by atoms with Crippen LogP contribution in [0.15, 0.2) is 42.7 Å². The second kappa shape index (κ2) is 20.6. The van der Waals surface area contributed by atoms with Gasteiger partial charge in [0, 0.05) is 18.6 Å². The molecule has 0 unspecified atom stereocenters. The van der Waals surface area contributed by atoms with E-state index in [-0.39, 0.29) is 23.0 Å². The zero-order valence-corrected chi connectivity index (χ0v) is 19.4. The van der Waals surface area contributed by atoms with E-state index >= 15 is 0 Å². The lowest BCUT2D eigenvalue weighted by Gasteiger charge is -2.02. The van der Waals surface area contributed by atoms with Crippen LogP contribution in [0.25, 0.3) is 0 Å². The second-order valence-electron chi connectivity index (χ2n) is 7.37. The molecule has 0 bridgehead atoms. The van der Waals surface area contributed by atoms with Gasteiger partial charge in [-0.15, -0.1) is 0 Å². The third-order valence-corrected chi connectivity index (χ3v) is 4.79. The van der Waals surface area contributed by atoms with Crippen LogP contribution in [0.1, 0.15) is 96.8 Å². The molecule has 0 radical (unpaired) electrons. The Morgan fingerprint density at radius 1 is 0.786 bits per heavy atom. The molecule has 0 atom stereocenters. The largest absolute Gasteiger partial charge is 1.00 e. The molecule has 3 nitrogen and oxygen atoms in total. The van der Waals surface area contributed by atoms with Gasteiger partial charge in [0.15, 0.2) is 12.4 Å². The molecule has 160 valence electrons. The normalized spacial score (nSPS) is 10.8. The Morgan fingerprint density at radius 3 is 1.93 bits per heavy atom. The molecule has 1 heterocycles. The van der Waals surface area contributed by atoms with Gasteiger partial charge in [0.2, 0.25) is 0 Å². The number of hydrogen-bond acceptors (Lipinski definition) is 2. The number of carbonyl (C=O) groups excluding carboxylic acids is 1. The monoisotopic (exact) mass is 453 g/mol. The van der Waals surface area contributed by atoms with Gasteiger partial charge in [-0.2, -0.15) is 4.57 Å². The maximum atomic E-state index is 11.7. The van der Waals surface area contributed by atoms with Crippen molar-refractivity contribution in [2.24, 2.45) is 0 Å². The van der Waals surface area contributed by atoms with Crippen LogP contribution in [0.3, 0.4) is 0 Å². The van der Waals surface area contributed by atoms with Crippen LogP contribution in [-0.4, -0.2) is 5.97 Å². The van der Waals surface area contributed by atoms with Gasteiger partial charge >= 0.3 is 5.97 Å². The number of carbonyl (C=O) groups is 1. The van der Waals surface area contributed by atoms with Crippen molar-refractivity contribution in [3.63, 3.8) is 0 Å². The molecule has 0 aliphatic heterocycles. The predicted octanol–water partition coefficient (Wildman–Crippen LogP) is 3.52. The minimum absolute atomic E-state index is 0. The third-order valence-electron chi connectivity index (χ3n) is 4.79. The van der Waals surface area contributed by atoms with Crippen LogP contribution in [0.5, 0.6) is 0 Å². The Hall–Kier alpha value is -1.16. The predicted molar refractivity (Wildman–Crippen MR) is 112 cm³/mol. The SMILES string of the molecule is CCCCCCCCC=CCCCCCCCC(=O)OC[n+]1ccccc1.[Br-]. The van der Waals surface area contributed by atoms with E-state index < -0.39 is 0 Å². The number of nitrogens with zero attached hydrogens (tertiary/aromatic N) is 1. The van der Waals surface area contributed by atoms with Gasteiger partial charge in [-0.1, -0.05) is 76.5 Å². The average molecular weight is 454 g/mol. The summed E-state index contributed by atoms with van der Waals surface area (Å²) in [5.41, 5.74) is 0. The number of rotatable bonds is 17. The highest BCUT2D eigenvalue weighted by molar-refractivity contribution is 5.68. The van der Waals surface area contributed by atoms with Crippen molar-refractivity contribution in [1.29, 1.82) is 0 Å². The number of aromatic nitrogens is 1. The highest BCUT2D eigenvalue weighted by Gasteiger charge is 2.05. The molecule has 0 aromatic carbocycles. The Bertz CT molecular complexity index is 491. The van der Waals surface area contributed by atoms with Gasteiger partial charge in [0.25, 0.3) is 6.73 Å². The second-order valence-corrected chi connectivity index (χ2v) is 7.37. The molecular weight excluding hydrogens is 414 g/mol. The molecule has 0 spiro atoms. The van der Waals surface area contributed by atoms with Gasteiger partial charge in [0.1, 0.15) is 0 Å². The number of pyridine rings is 1. The van der Waals surface area contributed by atoms with Crippen LogP contribution in [-0.2, 0) is 16.3 Å². The van der Waals surface area contributed by atoms with E-state index in [1.807, 2.05) is 35.2 Å². The lowest BCUT2D eigenvalue weighted by molar-refractivity contribution is -0.727. The number of hydrogen-bond donors (Lipinski definition) is 0. The first kappa shape index (κ1) is 26.8. The Morgan fingerprint density at radius 2 is 1.32 bits per heavy atom. The van der Waals surface area contributed by atoms with E-state index in [1.54, 1.807) is 0 Å². The van der Waals surface area contributed by atoms with Crippen LogP contribution in [0.2, 0.25) is 0 Å². The lowest BCUT2D eigenvalue weighted by atomic mass is 10.1. The zero-order valence-electron chi connectivity index (χ0n) is 17.8. The molecular formula is C24H40BrNO2. The molecule has 0 N–H and O–H groups in total. The minimum atomic E-state index is -0.0935. The van der Waals surface area contributed by atoms with Crippen LogP contribution in [0.4, 0.5) is 0 Å². The highest BCUT2D eigenvalue weighted by atomic mass is 79.9. The highest BCUT2D eigenvalue weighted by Crippen LogP contribution is 2.10. The molecule has 0 amide bonds. The first-order valence-corrected chi connectivity index (χ1v) is 11.1. The molecule has 1 aromatic heterocycles. The van der Waals surface area contributed by atoms with Crippen molar-refractivity contribution < 1.29 is 31.1 Å². The molecule has 1 aromatic rings. The van der Waals surface area contributed by atoms with Crippen molar-refractivity contribution in [2.45, 2.75) is 104 Å². The summed E-state index contributed by atoms with van der Waals surface area (Å²) in [6, 6.07) is 5.80. The van der Waals surface area contributed by atoms with Crippen LogP contribution < -0.4 is 21.5 Å². The summed E-state index contributed by atoms with van der Waals surface area (Å²) < 4.78 is 7.12. The molecule has 1 rings (SSSR count). The summed E-state index contributed by atoms with van der Waals surface area (Å²) in [5.74, 6) is -0.0935. The average Bonchev–Trinajstić information content (AvgIpc) is 2.70. The number of allylic oxidation sites excluding steroid dienone is 2. The van der Waals surface area contributed by atoms with Crippen molar-refractivity contribution >= 4 is 5.97 Å². The summed E-state index contributed by atoms with van der Waals surface area (Å²) in [4.78, 5) is 11.7. The maximum absolute atomic E-state index is 11.7. The summed E-state index contributed by atoms with van der Waals surface area (Å²) in [6.07, 6.45) is 25.6. The van der Waals surface area contributed by atoms with Crippen LogP contribution >= 0.6 is 0 Å². The number of esters is 1. The van der Waals surface area contributed by atoms with Gasteiger partial charge in [-0.05, 0) is 32.1 Å². The molecule has 4 heteroatoms. The van der Waals surface area contributed by atoms with E-state index in [2.05, 4.69) is 19.1 Å². The Labute approximate surface area is 183 Å². The number of halogens is 1. The maximum Gasteiger partial charge on any atom is 0.310 e. The van der Waals surface area contributed by atoms with Crippen molar-refractivity contribution in [3.8, 4) is 0 Å². The molecule has 0 aliphatic rings. The van der Waals surface area contributed by atoms with E-state index in [4.69, 9.17) is 4.74 Å². The fraction of sp³-hybridized carbons (Fsp3) is 0.667. The molecule has 0 aliphatic carbocycles. The summed E-state index contributed by atoms with van der Waals surface area (Å²) in [6.45, 7) is 2.58. The van der Waals surface area contributed by atoms with Crippen molar-refractivity contribution in [2.75, 3.05) is 0 Å². The van der Waals surface area contributed by atoms with Crippen LogP contribution in [0, 0.1) is 0 Å². The van der Waals surface area contributed by atoms with E-state index in [0.29, 0.717) is 13.2 Å². The number of ether oxygens (including phenoxy) is 1. The van der Waals surface area contributed by atoms with E-state index in [0.717, 1.165) is 12.8 Å². The smallest absolute Gasteiger partial charge is 0.310 e. The van der Waals surface area contributed by atoms with Gasteiger partial charge in [-0.25, -0.2) is 0 Å². The molecule has 0 saturated heterocycles. The minimum Gasteiger partial charge on any atom is -1.00 e. The standard InChI is InChI=1S/C24H40NO2.BrH/c1-2-3-4-5-6-7-8-9-10-11-12-13-14-15-17-20-24(26)27-23-25-21-18-16-19-22-25;/h9-10,16,18-19,21-22H,2-8,11-15,17,20,23H2,1H3;1H/q+1;/p-1. The summed E-state index contributed by atoms with van der Waals surface area (Å²) >= 11 is 0. The van der Waals surface area contributed by atoms with Gasteiger partial charge < -0.3 is 21.7 Å². The van der Waals surface area contributed by atoms with Crippen molar-refractivity contribution in [3.05, 3.63) is 42.7 Å². The Kier molecular flexibility index (Phi) is 19.7. The number of unbranched alkanes of at least 4 members (excludes halogenated alkanes) is 11. The Balaban J connectivity index is 0.00000729. The fourth-order valence-corrected chi connectivity index (χ4v) is 3.08. The first-order chi connectivity index (χ1) is 13.3. The molecule has 0 fully saturated rings. The van der Waals surface area contributed by atoms with Gasteiger partial charge in [0.05, 0.1) is 0 Å². The fourth-order valence-electron chi connectivity index (χ4n) is 3.08. The molecule has 0 saturated carbocycles. The third kappa shape index (κ3) is 17.0. The molecule has 28 heavy (non-hydrogen) atoms. The first-order valence-electron chi connectivity index (χ1n) is 11.1. The van der Waals surface area contributed by atoms with Crippen molar-refractivity contribution in [1.82, 2.24) is 0 Å². The van der Waals surface area contributed by atoms with E-state index in [9.17, 15) is 4.79 Å². The van der Waals surface area contributed by atoms with Gasteiger partial charge in [-0.3, -0.25) is 4.79 Å².